The number of methoxy groups -OCH3 is 1. The number of benzene rings is 1. The highest BCUT2D eigenvalue weighted by Crippen LogP contribution is 2.22. The molecule has 0 amide bonds. The third-order valence-electron chi connectivity index (χ3n) is 2.90. The maximum atomic E-state index is 11.0. The van der Waals surface area contributed by atoms with Crippen LogP contribution in [0.25, 0.3) is 0 Å². The summed E-state index contributed by atoms with van der Waals surface area (Å²) < 4.78 is 4.58. The lowest BCUT2D eigenvalue weighted by atomic mass is 9.84. The van der Waals surface area contributed by atoms with Gasteiger partial charge in [0.25, 0.3) is 0 Å². The molecule has 0 radical (unpaired) electrons. The van der Waals surface area contributed by atoms with E-state index in [9.17, 15) is 4.79 Å². The summed E-state index contributed by atoms with van der Waals surface area (Å²) in [4.78, 5) is 11.0. The SMILES string of the molecule is COC(=O)CNCC(C)(C)c1ccc(C)cc1. The van der Waals surface area contributed by atoms with Gasteiger partial charge in [0.05, 0.1) is 13.7 Å². The fourth-order valence-electron chi connectivity index (χ4n) is 1.66. The average molecular weight is 235 g/mol. The summed E-state index contributed by atoms with van der Waals surface area (Å²) >= 11 is 0. The standard InChI is InChI=1S/C14H21NO2/c1-11-5-7-12(8-6-11)14(2,3)10-15-9-13(16)17-4/h5-8,15H,9-10H2,1-4H3. The molecule has 17 heavy (non-hydrogen) atoms. The van der Waals surface area contributed by atoms with Crippen LogP contribution in [0, 0.1) is 6.92 Å². The molecule has 0 spiro atoms. The molecule has 0 fully saturated rings. The van der Waals surface area contributed by atoms with Crippen molar-refractivity contribution in [3.05, 3.63) is 35.4 Å². The van der Waals surface area contributed by atoms with Crippen LogP contribution >= 0.6 is 0 Å². The van der Waals surface area contributed by atoms with Crippen molar-refractivity contribution in [2.45, 2.75) is 26.2 Å². The Kier molecular flexibility index (Phi) is 4.70. The van der Waals surface area contributed by atoms with Gasteiger partial charge in [-0.2, -0.15) is 0 Å². The number of hydrogen-bond donors (Lipinski definition) is 1. The molecule has 0 bridgehead atoms. The molecule has 0 aliphatic carbocycles. The van der Waals surface area contributed by atoms with Gasteiger partial charge in [0, 0.05) is 12.0 Å². The summed E-state index contributed by atoms with van der Waals surface area (Å²) in [5.74, 6) is -0.232. The highest BCUT2D eigenvalue weighted by atomic mass is 16.5. The molecule has 1 aromatic rings. The highest BCUT2D eigenvalue weighted by Gasteiger charge is 2.20. The normalized spacial score (nSPS) is 11.3. The predicted molar refractivity (Wildman–Crippen MR) is 69.1 cm³/mol. The zero-order chi connectivity index (χ0) is 12.9. The van der Waals surface area contributed by atoms with Crippen molar-refractivity contribution in [3.8, 4) is 0 Å². The van der Waals surface area contributed by atoms with Crippen LogP contribution < -0.4 is 5.32 Å². The maximum Gasteiger partial charge on any atom is 0.319 e. The lowest BCUT2D eigenvalue weighted by molar-refractivity contribution is -0.139. The number of carbonyl (C=O) groups is 1. The predicted octanol–water partition coefficient (Wildman–Crippen LogP) is 2.04. The number of hydrogen-bond acceptors (Lipinski definition) is 3. The van der Waals surface area contributed by atoms with Crippen molar-refractivity contribution in [3.63, 3.8) is 0 Å². The van der Waals surface area contributed by atoms with Crippen LogP contribution in [0.3, 0.4) is 0 Å². The van der Waals surface area contributed by atoms with E-state index in [0.29, 0.717) is 0 Å². The number of nitrogens with one attached hydrogen (secondary N) is 1. The molecule has 0 saturated carbocycles. The summed E-state index contributed by atoms with van der Waals surface area (Å²) in [6.45, 7) is 7.38. The average Bonchev–Trinajstić information content (AvgIpc) is 2.29. The summed E-state index contributed by atoms with van der Waals surface area (Å²) in [6, 6.07) is 8.49. The quantitative estimate of drug-likeness (QED) is 0.794. The Bertz CT molecular complexity index is 368. The first-order chi connectivity index (χ1) is 7.95. The molecule has 3 nitrogen and oxygen atoms in total. The number of carbonyl (C=O) groups excluding carboxylic acids is 1. The minimum Gasteiger partial charge on any atom is -0.468 e. The Morgan fingerprint density at radius 3 is 2.41 bits per heavy atom. The molecular weight excluding hydrogens is 214 g/mol. The highest BCUT2D eigenvalue weighted by molar-refractivity contribution is 5.71. The van der Waals surface area contributed by atoms with E-state index in [2.05, 4.69) is 55.1 Å². The first-order valence-electron chi connectivity index (χ1n) is 5.80. The number of rotatable bonds is 5. The summed E-state index contributed by atoms with van der Waals surface area (Å²) in [5.41, 5.74) is 2.52. The van der Waals surface area contributed by atoms with Gasteiger partial charge in [0.1, 0.15) is 0 Å². The van der Waals surface area contributed by atoms with E-state index in [1.54, 1.807) is 0 Å². The van der Waals surface area contributed by atoms with Gasteiger partial charge in [0.15, 0.2) is 0 Å². The van der Waals surface area contributed by atoms with E-state index in [-0.39, 0.29) is 17.9 Å². The van der Waals surface area contributed by atoms with Crippen molar-refractivity contribution >= 4 is 5.97 Å². The Balaban J connectivity index is 2.56. The summed E-state index contributed by atoms with van der Waals surface area (Å²) in [6.07, 6.45) is 0. The van der Waals surface area contributed by atoms with Gasteiger partial charge in [-0.3, -0.25) is 4.79 Å². The largest absolute Gasteiger partial charge is 0.468 e. The zero-order valence-corrected chi connectivity index (χ0v) is 11.0. The summed E-state index contributed by atoms with van der Waals surface area (Å²) in [7, 11) is 1.40. The van der Waals surface area contributed by atoms with Crippen LogP contribution in [-0.4, -0.2) is 26.2 Å². The lowest BCUT2D eigenvalue weighted by Gasteiger charge is -2.25. The van der Waals surface area contributed by atoms with Crippen molar-refractivity contribution in [1.29, 1.82) is 0 Å². The minimum absolute atomic E-state index is 0.00171. The fourth-order valence-corrected chi connectivity index (χ4v) is 1.66. The molecule has 0 saturated heterocycles. The van der Waals surface area contributed by atoms with E-state index in [1.807, 2.05) is 0 Å². The van der Waals surface area contributed by atoms with Gasteiger partial charge in [-0.15, -0.1) is 0 Å². The van der Waals surface area contributed by atoms with Crippen LogP contribution in [0.4, 0.5) is 0 Å². The second-order valence-electron chi connectivity index (χ2n) is 4.93. The molecule has 1 N–H and O–H groups in total. The summed E-state index contributed by atoms with van der Waals surface area (Å²) in [5, 5.41) is 3.11. The Morgan fingerprint density at radius 2 is 1.88 bits per heavy atom. The Morgan fingerprint density at radius 1 is 1.29 bits per heavy atom. The van der Waals surface area contributed by atoms with Crippen molar-refractivity contribution in [2.75, 3.05) is 20.2 Å². The molecule has 0 aliphatic heterocycles. The molecule has 1 rings (SSSR count). The van der Waals surface area contributed by atoms with Crippen molar-refractivity contribution in [1.82, 2.24) is 5.32 Å². The first kappa shape index (κ1) is 13.7. The van der Waals surface area contributed by atoms with Gasteiger partial charge in [-0.05, 0) is 12.5 Å². The van der Waals surface area contributed by atoms with Gasteiger partial charge in [-0.1, -0.05) is 43.7 Å². The van der Waals surface area contributed by atoms with Gasteiger partial charge >= 0.3 is 5.97 Å². The van der Waals surface area contributed by atoms with E-state index in [1.165, 1.54) is 18.2 Å². The minimum atomic E-state index is -0.232. The Hall–Kier alpha value is -1.35. The van der Waals surface area contributed by atoms with Crippen LogP contribution in [0.2, 0.25) is 0 Å². The first-order valence-corrected chi connectivity index (χ1v) is 5.80. The van der Waals surface area contributed by atoms with Crippen molar-refractivity contribution < 1.29 is 9.53 Å². The van der Waals surface area contributed by atoms with Crippen molar-refractivity contribution in [2.24, 2.45) is 0 Å². The zero-order valence-electron chi connectivity index (χ0n) is 11.0. The lowest BCUT2D eigenvalue weighted by Crippen LogP contribution is -2.36. The van der Waals surface area contributed by atoms with Gasteiger partial charge in [0.2, 0.25) is 0 Å². The third-order valence-corrected chi connectivity index (χ3v) is 2.90. The molecular formula is C14H21NO2. The maximum absolute atomic E-state index is 11.0. The molecule has 0 heterocycles. The van der Waals surface area contributed by atoms with Gasteiger partial charge < -0.3 is 10.1 Å². The molecule has 3 heteroatoms. The second kappa shape index (κ2) is 5.82. The van der Waals surface area contributed by atoms with Crippen LogP contribution in [0.5, 0.6) is 0 Å². The molecule has 1 aromatic carbocycles. The molecule has 0 aromatic heterocycles. The van der Waals surface area contributed by atoms with Crippen LogP contribution in [-0.2, 0) is 14.9 Å². The third kappa shape index (κ3) is 4.19. The van der Waals surface area contributed by atoms with E-state index >= 15 is 0 Å². The smallest absolute Gasteiger partial charge is 0.319 e. The molecule has 94 valence electrons. The molecule has 0 aliphatic rings. The molecule has 0 unspecified atom stereocenters. The number of aryl methyl sites for hydroxylation is 1. The van der Waals surface area contributed by atoms with E-state index in [0.717, 1.165) is 6.54 Å². The number of ether oxygens (including phenoxy) is 1. The molecule has 0 atom stereocenters. The monoisotopic (exact) mass is 235 g/mol. The van der Waals surface area contributed by atoms with E-state index in [4.69, 9.17) is 0 Å². The van der Waals surface area contributed by atoms with E-state index < -0.39 is 0 Å². The second-order valence-corrected chi connectivity index (χ2v) is 4.93. The van der Waals surface area contributed by atoms with Crippen LogP contribution in [0.15, 0.2) is 24.3 Å². The van der Waals surface area contributed by atoms with Crippen LogP contribution in [0.1, 0.15) is 25.0 Å². The Labute approximate surface area is 103 Å². The fraction of sp³-hybridized carbons (Fsp3) is 0.500. The number of esters is 1. The van der Waals surface area contributed by atoms with Gasteiger partial charge in [-0.25, -0.2) is 0 Å². The topological polar surface area (TPSA) is 38.3 Å².